The zero-order valence-electron chi connectivity index (χ0n) is 17.2. The molecule has 11 heteroatoms. The predicted octanol–water partition coefficient (Wildman–Crippen LogP) is 3.44. The van der Waals surface area contributed by atoms with Crippen LogP contribution in [0.4, 0.5) is 6.01 Å². The average molecular weight is 477 g/mol. The number of aromatic nitrogens is 2. The molecule has 168 valence electrons. The van der Waals surface area contributed by atoms with Crippen molar-refractivity contribution in [1.29, 1.82) is 0 Å². The summed E-state index contributed by atoms with van der Waals surface area (Å²) in [4.78, 5) is 12.8. The van der Waals surface area contributed by atoms with Crippen molar-refractivity contribution in [2.45, 2.75) is 17.7 Å². The number of nitrogens with one attached hydrogen (secondary N) is 1. The Bertz CT molecular complexity index is 1190. The summed E-state index contributed by atoms with van der Waals surface area (Å²) in [7, 11) is -2.05. The van der Waals surface area contributed by atoms with Gasteiger partial charge >= 0.3 is 6.01 Å². The van der Waals surface area contributed by atoms with Gasteiger partial charge in [-0.1, -0.05) is 16.7 Å². The smallest absolute Gasteiger partial charge is 0.322 e. The number of hydrogen-bond acceptors (Lipinski definition) is 7. The fourth-order valence-corrected chi connectivity index (χ4v) is 5.04. The number of benzene rings is 2. The third kappa shape index (κ3) is 4.77. The molecule has 3 aromatic rings. The van der Waals surface area contributed by atoms with Gasteiger partial charge in [0.05, 0.1) is 12.0 Å². The minimum absolute atomic E-state index is 0.00275. The minimum atomic E-state index is -3.63. The van der Waals surface area contributed by atoms with Crippen molar-refractivity contribution in [3.8, 4) is 17.2 Å². The highest BCUT2D eigenvalue weighted by Gasteiger charge is 2.32. The number of rotatable bonds is 6. The molecule has 1 aliphatic heterocycles. The fraction of sp³-hybridized carbons (Fsp3) is 0.286. The molecule has 1 aromatic heterocycles. The van der Waals surface area contributed by atoms with Gasteiger partial charge in [-0.25, -0.2) is 8.42 Å². The first-order chi connectivity index (χ1) is 15.4. The van der Waals surface area contributed by atoms with Crippen LogP contribution in [0.2, 0.25) is 5.02 Å². The summed E-state index contributed by atoms with van der Waals surface area (Å²) in [6, 6.07) is 13.1. The number of carbonyl (C=O) groups excluding carboxylic acids is 1. The molecule has 1 aliphatic rings. The standard InChI is InChI=1S/C21H21ClN4O5S/c1-30-17-6-2-15(3-7-17)20-24-25-21(31-20)23-19(27)14-10-12-26(13-11-14)32(28,29)18-8-4-16(22)5-9-18/h2-9,14H,10-13H2,1H3,(H,23,25,27). The van der Waals surface area contributed by atoms with Gasteiger partial charge in [-0.3, -0.25) is 10.1 Å². The second-order valence-corrected chi connectivity index (χ2v) is 9.64. The Balaban J connectivity index is 1.35. The molecule has 0 aliphatic carbocycles. The summed E-state index contributed by atoms with van der Waals surface area (Å²) < 4.78 is 37.6. The lowest BCUT2D eigenvalue weighted by Gasteiger charge is -2.30. The van der Waals surface area contributed by atoms with E-state index >= 15 is 0 Å². The van der Waals surface area contributed by atoms with Crippen molar-refractivity contribution in [1.82, 2.24) is 14.5 Å². The number of halogens is 1. The molecule has 1 N–H and O–H groups in total. The number of hydrogen-bond donors (Lipinski definition) is 1. The van der Waals surface area contributed by atoms with Gasteiger partial charge in [0.1, 0.15) is 5.75 Å². The first-order valence-electron chi connectivity index (χ1n) is 9.91. The lowest BCUT2D eigenvalue weighted by atomic mass is 9.97. The molecule has 0 saturated carbocycles. The second kappa shape index (κ2) is 9.27. The van der Waals surface area contributed by atoms with Crippen molar-refractivity contribution < 1.29 is 22.4 Å². The lowest BCUT2D eigenvalue weighted by Crippen LogP contribution is -2.41. The van der Waals surface area contributed by atoms with Gasteiger partial charge in [0.2, 0.25) is 21.8 Å². The third-order valence-electron chi connectivity index (χ3n) is 5.27. The Morgan fingerprint density at radius 2 is 1.75 bits per heavy atom. The largest absolute Gasteiger partial charge is 0.497 e. The summed E-state index contributed by atoms with van der Waals surface area (Å²) in [6.07, 6.45) is 0.774. The van der Waals surface area contributed by atoms with Gasteiger partial charge in [-0.15, -0.1) is 5.10 Å². The summed E-state index contributed by atoms with van der Waals surface area (Å²) in [5.41, 5.74) is 0.694. The molecule has 1 fully saturated rings. The molecule has 32 heavy (non-hydrogen) atoms. The number of anilines is 1. The number of nitrogens with zero attached hydrogens (tertiary/aromatic N) is 3. The number of ether oxygens (including phenoxy) is 1. The minimum Gasteiger partial charge on any atom is -0.497 e. The number of sulfonamides is 1. The molecule has 4 rings (SSSR count). The van der Waals surface area contributed by atoms with E-state index in [9.17, 15) is 13.2 Å². The van der Waals surface area contributed by atoms with Crippen LogP contribution in [0.5, 0.6) is 5.75 Å². The molecule has 0 atom stereocenters. The lowest BCUT2D eigenvalue weighted by molar-refractivity contribution is -0.121. The second-order valence-electron chi connectivity index (χ2n) is 7.26. The van der Waals surface area contributed by atoms with Crippen LogP contribution < -0.4 is 10.1 Å². The molecule has 0 radical (unpaired) electrons. The van der Waals surface area contributed by atoms with Gasteiger partial charge in [-0.2, -0.15) is 4.31 Å². The maximum Gasteiger partial charge on any atom is 0.322 e. The topological polar surface area (TPSA) is 115 Å². The molecule has 0 bridgehead atoms. The first kappa shape index (κ1) is 22.3. The zero-order valence-corrected chi connectivity index (χ0v) is 18.8. The van der Waals surface area contributed by atoms with E-state index < -0.39 is 10.0 Å². The Morgan fingerprint density at radius 3 is 2.38 bits per heavy atom. The molecule has 1 saturated heterocycles. The van der Waals surface area contributed by atoms with Crippen molar-refractivity contribution >= 4 is 33.5 Å². The van der Waals surface area contributed by atoms with E-state index in [0.717, 1.165) is 0 Å². The van der Waals surface area contributed by atoms with Crippen LogP contribution in [0.3, 0.4) is 0 Å². The zero-order chi connectivity index (χ0) is 22.7. The maximum absolute atomic E-state index is 12.8. The van der Waals surface area contributed by atoms with Gasteiger partial charge in [0, 0.05) is 29.6 Å². The van der Waals surface area contributed by atoms with Crippen molar-refractivity contribution in [2.24, 2.45) is 5.92 Å². The van der Waals surface area contributed by atoms with Crippen LogP contribution in [0, 0.1) is 5.92 Å². The quantitative estimate of drug-likeness (QED) is 0.579. The molecular formula is C21H21ClN4O5S. The van der Waals surface area contributed by atoms with Crippen molar-refractivity contribution in [3.05, 3.63) is 53.6 Å². The van der Waals surface area contributed by atoms with Crippen molar-refractivity contribution in [2.75, 3.05) is 25.5 Å². The third-order valence-corrected chi connectivity index (χ3v) is 7.43. The fourth-order valence-electron chi connectivity index (χ4n) is 3.45. The SMILES string of the molecule is COc1ccc(-c2nnc(NC(=O)C3CCN(S(=O)(=O)c4ccc(Cl)cc4)CC3)o2)cc1. The molecule has 2 aromatic carbocycles. The Kier molecular flexibility index (Phi) is 6.45. The Hall–Kier alpha value is -2.95. The molecule has 0 unspecified atom stereocenters. The summed E-state index contributed by atoms with van der Waals surface area (Å²) in [6.45, 7) is 0.480. The summed E-state index contributed by atoms with van der Waals surface area (Å²) in [5, 5.41) is 10.9. The van der Waals surface area contributed by atoms with Crippen LogP contribution in [-0.4, -0.2) is 49.0 Å². The van der Waals surface area contributed by atoms with Crippen LogP contribution in [-0.2, 0) is 14.8 Å². The highest BCUT2D eigenvalue weighted by molar-refractivity contribution is 7.89. The van der Waals surface area contributed by atoms with E-state index in [2.05, 4.69) is 15.5 Å². The molecule has 2 heterocycles. The highest BCUT2D eigenvalue weighted by atomic mass is 35.5. The average Bonchev–Trinajstić information content (AvgIpc) is 3.28. The van der Waals surface area contributed by atoms with Gasteiger partial charge < -0.3 is 9.15 Å². The van der Waals surface area contributed by atoms with E-state index in [0.29, 0.717) is 29.2 Å². The predicted molar refractivity (Wildman–Crippen MR) is 118 cm³/mol. The van der Waals surface area contributed by atoms with Crippen molar-refractivity contribution in [3.63, 3.8) is 0 Å². The normalized spacial score (nSPS) is 15.4. The van der Waals surface area contributed by atoms with Crippen LogP contribution >= 0.6 is 11.6 Å². The van der Waals surface area contributed by atoms with E-state index in [1.165, 1.54) is 16.4 Å². The number of piperidine rings is 1. The highest BCUT2D eigenvalue weighted by Crippen LogP contribution is 2.27. The number of carbonyl (C=O) groups is 1. The van der Waals surface area contributed by atoms with E-state index in [1.54, 1.807) is 43.5 Å². The van der Waals surface area contributed by atoms with Gasteiger partial charge in [0.25, 0.3) is 0 Å². The van der Waals surface area contributed by atoms with Gasteiger partial charge in [-0.05, 0) is 61.4 Å². The Morgan fingerprint density at radius 1 is 1.09 bits per heavy atom. The molecule has 9 nitrogen and oxygen atoms in total. The van der Waals surface area contributed by atoms with Crippen LogP contribution in [0.15, 0.2) is 57.8 Å². The van der Waals surface area contributed by atoms with E-state index in [1.807, 2.05) is 0 Å². The Labute approximate surface area is 190 Å². The molecule has 0 spiro atoms. The monoisotopic (exact) mass is 476 g/mol. The molecule has 1 amide bonds. The number of amides is 1. The summed E-state index contributed by atoms with van der Waals surface area (Å²) in [5.74, 6) is 0.333. The molecular weight excluding hydrogens is 456 g/mol. The van der Waals surface area contributed by atoms with Gasteiger partial charge in [0.15, 0.2) is 0 Å². The van der Waals surface area contributed by atoms with Crippen LogP contribution in [0.1, 0.15) is 12.8 Å². The maximum atomic E-state index is 12.8. The van der Waals surface area contributed by atoms with Crippen LogP contribution in [0.25, 0.3) is 11.5 Å². The van der Waals surface area contributed by atoms with E-state index in [-0.39, 0.29) is 41.7 Å². The summed E-state index contributed by atoms with van der Waals surface area (Å²) >= 11 is 5.84. The number of methoxy groups -OCH3 is 1. The van der Waals surface area contributed by atoms with E-state index in [4.69, 9.17) is 20.8 Å². The first-order valence-corrected chi connectivity index (χ1v) is 11.7.